The molecule has 2 unspecified atom stereocenters. The van der Waals surface area contributed by atoms with Crippen LogP contribution in [0.5, 0.6) is 0 Å². The molecule has 1 saturated heterocycles. The van der Waals surface area contributed by atoms with E-state index in [0.29, 0.717) is 23.8 Å². The fraction of sp³-hybridized carbons (Fsp3) is 0.438. The zero-order valence-electron chi connectivity index (χ0n) is 14.3. The molecule has 10 nitrogen and oxygen atoms in total. The number of imidazole rings is 2. The molecule has 1 N–H and O–H groups in total. The zero-order chi connectivity index (χ0) is 18.3. The monoisotopic (exact) mass is 357 g/mol. The van der Waals surface area contributed by atoms with Gasteiger partial charge in [-0.1, -0.05) is 9.61 Å². The van der Waals surface area contributed by atoms with Crippen molar-refractivity contribution in [2.24, 2.45) is 13.0 Å². The van der Waals surface area contributed by atoms with Crippen LogP contribution in [-0.2, 0) is 7.05 Å². The second kappa shape index (κ2) is 6.37. The first-order valence-corrected chi connectivity index (χ1v) is 8.44. The topological polar surface area (TPSA) is 115 Å². The number of rotatable bonds is 4. The molecule has 4 heterocycles. The van der Waals surface area contributed by atoms with Gasteiger partial charge < -0.3 is 24.7 Å². The van der Waals surface area contributed by atoms with Gasteiger partial charge in [0.1, 0.15) is 18.1 Å². The van der Waals surface area contributed by atoms with Crippen molar-refractivity contribution in [2.45, 2.75) is 18.9 Å². The van der Waals surface area contributed by atoms with Crippen molar-refractivity contribution in [3.05, 3.63) is 46.7 Å². The Balaban J connectivity index is 1.59. The van der Waals surface area contributed by atoms with E-state index in [1.54, 1.807) is 12.3 Å². The third-order valence-electron chi connectivity index (χ3n) is 4.87. The molecule has 0 bridgehead atoms. The van der Waals surface area contributed by atoms with Gasteiger partial charge in [0.25, 0.3) is 0 Å². The lowest BCUT2D eigenvalue weighted by molar-refractivity contribution is -0.391. The fourth-order valence-corrected chi connectivity index (χ4v) is 3.49. The number of nitro groups is 1. The molecule has 3 aromatic rings. The molecule has 0 radical (unpaired) electrons. The number of piperidine rings is 1. The van der Waals surface area contributed by atoms with E-state index in [9.17, 15) is 15.2 Å². The largest absolute Gasteiger partial charge is 0.385 e. The molecule has 1 fully saturated rings. The van der Waals surface area contributed by atoms with E-state index in [0.717, 1.165) is 19.4 Å². The summed E-state index contributed by atoms with van der Waals surface area (Å²) in [6.07, 6.45) is 5.81. The summed E-state index contributed by atoms with van der Waals surface area (Å²) < 4.78 is 3.07. The lowest BCUT2D eigenvalue weighted by Crippen LogP contribution is -2.39. The molecule has 26 heavy (non-hydrogen) atoms. The molecule has 0 saturated carbocycles. The highest BCUT2D eigenvalue weighted by Crippen LogP contribution is 2.30. The Morgan fingerprint density at radius 2 is 2.23 bits per heavy atom. The number of aryl methyl sites for hydroxylation is 1. The van der Waals surface area contributed by atoms with Gasteiger partial charge in [-0.15, -0.1) is 0 Å². The Labute approximate surface area is 148 Å². The van der Waals surface area contributed by atoms with Crippen LogP contribution in [0.3, 0.4) is 0 Å². The van der Waals surface area contributed by atoms with Crippen molar-refractivity contribution in [2.75, 3.05) is 18.0 Å². The minimum Gasteiger partial charge on any atom is -0.385 e. The van der Waals surface area contributed by atoms with Crippen molar-refractivity contribution in [3.63, 3.8) is 0 Å². The number of aromatic nitrogens is 5. The number of fused-ring (bicyclic) bond motifs is 1. The average Bonchev–Trinajstić information content (AvgIpc) is 3.26. The number of anilines is 1. The summed E-state index contributed by atoms with van der Waals surface area (Å²) in [4.78, 5) is 20.9. The molecule has 0 amide bonds. The molecule has 10 heteroatoms. The van der Waals surface area contributed by atoms with Gasteiger partial charge in [0.2, 0.25) is 5.65 Å². The molecular weight excluding hydrogens is 338 g/mol. The van der Waals surface area contributed by atoms with Gasteiger partial charge in [0, 0.05) is 44.5 Å². The van der Waals surface area contributed by atoms with E-state index >= 15 is 0 Å². The van der Waals surface area contributed by atoms with Crippen LogP contribution in [-0.4, -0.2) is 47.3 Å². The van der Waals surface area contributed by atoms with Crippen LogP contribution in [0.2, 0.25) is 0 Å². The lowest BCUT2D eigenvalue weighted by Gasteiger charge is -2.35. The molecule has 1 aliphatic heterocycles. The maximum Gasteiger partial charge on any atom is 0.368 e. The number of hydrogen-bond acceptors (Lipinski definition) is 7. The third kappa shape index (κ3) is 2.77. The molecule has 2 atom stereocenters. The summed E-state index contributed by atoms with van der Waals surface area (Å²) in [6.45, 7) is 1.39. The summed E-state index contributed by atoms with van der Waals surface area (Å²) in [7, 11) is 1.86. The van der Waals surface area contributed by atoms with Gasteiger partial charge in [-0.3, -0.25) is 0 Å². The standard InChI is InChI=1S/C16H19N7O3/c1-20-8-6-17-16(20)15(24)11-3-2-7-21(10-11)13-5-4-12-18-9-14(23(25)26)22(12)19-13/h4-6,8-9,11,15,24H,2-3,7,10H2,1H3. The van der Waals surface area contributed by atoms with Gasteiger partial charge in [0.15, 0.2) is 5.82 Å². The first-order valence-electron chi connectivity index (χ1n) is 8.44. The van der Waals surface area contributed by atoms with Crippen LogP contribution >= 0.6 is 0 Å². The highest BCUT2D eigenvalue weighted by atomic mass is 16.6. The first kappa shape index (κ1) is 16.5. The van der Waals surface area contributed by atoms with Crippen LogP contribution in [0.4, 0.5) is 11.6 Å². The van der Waals surface area contributed by atoms with Crippen molar-refractivity contribution >= 4 is 17.3 Å². The number of aliphatic hydroxyl groups excluding tert-OH is 1. The number of hydrogen-bond donors (Lipinski definition) is 1. The molecule has 4 rings (SSSR count). The van der Waals surface area contributed by atoms with E-state index in [-0.39, 0.29) is 11.7 Å². The molecule has 3 aromatic heterocycles. The highest BCUT2D eigenvalue weighted by molar-refractivity contribution is 5.49. The van der Waals surface area contributed by atoms with Gasteiger partial charge in [-0.25, -0.2) is 9.97 Å². The SMILES string of the molecule is Cn1ccnc1C(O)C1CCCN(c2ccc3ncc([N+](=O)[O-])n3n2)C1. The van der Waals surface area contributed by atoms with Crippen LogP contribution in [0.25, 0.3) is 5.65 Å². The van der Waals surface area contributed by atoms with Crippen molar-refractivity contribution in [1.82, 2.24) is 24.1 Å². The maximum atomic E-state index is 11.1. The van der Waals surface area contributed by atoms with Crippen molar-refractivity contribution in [1.29, 1.82) is 0 Å². The van der Waals surface area contributed by atoms with E-state index in [1.807, 2.05) is 28.8 Å². The molecule has 0 aliphatic carbocycles. The molecule has 0 spiro atoms. The quantitative estimate of drug-likeness (QED) is 0.553. The summed E-state index contributed by atoms with van der Waals surface area (Å²) in [6, 6.07) is 3.52. The Kier molecular flexibility index (Phi) is 4.03. The zero-order valence-corrected chi connectivity index (χ0v) is 14.3. The summed E-state index contributed by atoms with van der Waals surface area (Å²) in [5, 5.41) is 26.2. The minimum absolute atomic E-state index is 0.0140. The van der Waals surface area contributed by atoms with Crippen LogP contribution in [0.15, 0.2) is 30.7 Å². The van der Waals surface area contributed by atoms with Crippen molar-refractivity contribution < 1.29 is 10.0 Å². The highest BCUT2D eigenvalue weighted by Gasteiger charge is 2.30. The Morgan fingerprint density at radius 3 is 2.96 bits per heavy atom. The minimum atomic E-state index is -0.663. The molecule has 136 valence electrons. The first-order chi connectivity index (χ1) is 12.5. The number of nitrogens with zero attached hydrogens (tertiary/aromatic N) is 7. The van der Waals surface area contributed by atoms with Gasteiger partial charge in [-0.2, -0.15) is 0 Å². The second-order valence-electron chi connectivity index (χ2n) is 6.52. The van der Waals surface area contributed by atoms with Crippen LogP contribution in [0.1, 0.15) is 24.8 Å². The number of aliphatic hydroxyl groups is 1. The second-order valence-corrected chi connectivity index (χ2v) is 6.52. The van der Waals surface area contributed by atoms with Gasteiger partial charge >= 0.3 is 5.82 Å². The smallest absolute Gasteiger partial charge is 0.368 e. The lowest BCUT2D eigenvalue weighted by atomic mass is 9.92. The van der Waals surface area contributed by atoms with E-state index < -0.39 is 11.0 Å². The summed E-state index contributed by atoms with van der Waals surface area (Å²) in [5.41, 5.74) is 0.432. The van der Waals surface area contributed by atoms with E-state index in [4.69, 9.17) is 0 Å². The predicted molar refractivity (Wildman–Crippen MR) is 92.7 cm³/mol. The van der Waals surface area contributed by atoms with E-state index in [1.165, 1.54) is 10.7 Å². The molecule has 1 aliphatic rings. The third-order valence-corrected chi connectivity index (χ3v) is 4.87. The van der Waals surface area contributed by atoms with Gasteiger partial charge in [-0.05, 0) is 23.8 Å². The average molecular weight is 357 g/mol. The van der Waals surface area contributed by atoms with Crippen LogP contribution in [0, 0.1) is 16.0 Å². The normalized spacial score (nSPS) is 19.0. The van der Waals surface area contributed by atoms with Crippen LogP contribution < -0.4 is 4.90 Å². The molecule has 0 aromatic carbocycles. The Hall–Kier alpha value is -3.01. The van der Waals surface area contributed by atoms with Gasteiger partial charge in [0.05, 0.1) is 0 Å². The van der Waals surface area contributed by atoms with Crippen molar-refractivity contribution in [3.8, 4) is 0 Å². The van der Waals surface area contributed by atoms with E-state index in [2.05, 4.69) is 15.1 Å². The fourth-order valence-electron chi connectivity index (χ4n) is 3.49. The maximum absolute atomic E-state index is 11.1. The Bertz CT molecular complexity index is 950. The molecular formula is C16H19N7O3. The summed E-state index contributed by atoms with van der Waals surface area (Å²) >= 11 is 0. The summed E-state index contributed by atoms with van der Waals surface area (Å²) in [5.74, 6) is 1.13. The predicted octanol–water partition coefficient (Wildman–Crippen LogP) is 1.32. The Morgan fingerprint density at radius 1 is 1.38 bits per heavy atom.